The van der Waals surface area contributed by atoms with Crippen molar-refractivity contribution in [3.63, 3.8) is 0 Å². The molecule has 1 unspecified atom stereocenters. The molecule has 1 aromatic rings. The van der Waals surface area contributed by atoms with Gasteiger partial charge in [0.2, 0.25) is 5.91 Å². The number of amides is 1. The number of hydrogen-bond donors (Lipinski definition) is 2. The second-order valence-corrected chi connectivity index (χ2v) is 5.45. The van der Waals surface area contributed by atoms with Crippen LogP contribution < -0.4 is 11.1 Å². The van der Waals surface area contributed by atoms with Crippen LogP contribution in [-0.4, -0.2) is 55.0 Å². The quantitative estimate of drug-likeness (QED) is 0.812. The molecule has 0 bridgehead atoms. The highest BCUT2D eigenvalue weighted by Crippen LogP contribution is 2.12. The van der Waals surface area contributed by atoms with Crippen LogP contribution in [0.5, 0.6) is 0 Å². The second kappa shape index (κ2) is 6.72. The highest BCUT2D eigenvalue weighted by Gasteiger charge is 2.23. The molecule has 0 radical (unpaired) electrons. The number of nitrogens with two attached hydrogens (primary N) is 1. The molecule has 1 aromatic carbocycles. The minimum Gasteiger partial charge on any atom is -0.399 e. The van der Waals surface area contributed by atoms with Gasteiger partial charge in [0, 0.05) is 37.1 Å². The Morgan fingerprint density at radius 2 is 2.05 bits per heavy atom. The van der Waals surface area contributed by atoms with Crippen molar-refractivity contribution in [2.75, 3.05) is 44.3 Å². The average molecular weight is 276 g/mol. The number of nitrogens with one attached hydrogen (secondary N) is 1. The summed E-state index contributed by atoms with van der Waals surface area (Å²) in [6.07, 6.45) is 1.12. The fraction of sp³-hybridized carbons (Fsp3) is 0.533. The topological polar surface area (TPSA) is 61.6 Å². The molecule has 0 aromatic heterocycles. The van der Waals surface area contributed by atoms with Gasteiger partial charge in [-0.25, -0.2) is 0 Å². The van der Waals surface area contributed by atoms with Gasteiger partial charge >= 0.3 is 0 Å². The van der Waals surface area contributed by atoms with Crippen LogP contribution in [0.3, 0.4) is 0 Å². The van der Waals surface area contributed by atoms with Crippen LogP contribution >= 0.6 is 0 Å². The summed E-state index contributed by atoms with van der Waals surface area (Å²) in [5, 5.41) is 2.91. The predicted molar refractivity (Wildman–Crippen MR) is 82.6 cm³/mol. The van der Waals surface area contributed by atoms with E-state index in [1.807, 2.05) is 12.1 Å². The molecule has 1 amide bonds. The predicted octanol–water partition coefficient (Wildman–Crippen LogP) is 1.23. The van der Waals surface area contributed by atoms with Crippen molar-refractivity contribution in [3.8, 4) is 0 Å². The van der Waals surface area contributed by atoms with E-state index < -0.39 is 0 Å². The molecule has 1 aliphatic heterocycles. The van der Waals surface area contributed by atoms with Crippen LogP contribution in [-0.2, 0) is 4.79 Å². The van der Waals surface area contributed by atoms with Crippen molar-refractivity contribution in [1.82, 2.24) is 9.80 Å². The Morgan fingerprint density at radius 3 is 2.70 bits per heavy atom. The molecule has 5 heteroatoms. The molecule has 1 fully saturated rings. The molecule has 20 heavy (non-hydrogen) atoms. The maximum absolute atomic E-state index is 12.0. The lowest BCUT2D eigenvalue weighted by Gasteiger charge is -2.38. The van der Waals surface area contributed by atoms with Crippen molar-refractivity contribution in [1.29, 1.82) is 0 Å². The lowest BCUT2D eigenvalue weighted by Crippen LogP contribution is -2.52. The van der Waals surface area contributed by atoms with Crippen molar-refractivity contribution < 1.29 is 4.79 Å². The van der Waals surface area contributed by atoms with E-state index >= 15 is 0 Å². The van der Waals surface area contributed by atoms with Crippen molar-refractivity contribution in [2.24, 2.45) is 0 Å². The SMILES string of the molecule is CCC1CN(CC(=O)Nc2ccc(N)cc2)CCN1C. The van der Waals surface area contributed by atoms with E-state index in [1.165, 1.54) is 0 Å². The maximum Gasteiger partial charge on any atom is 0.238 e. The number of likely N-dealkylation sites (N-methyl/N-ethyl adjacent to an activating group) is 1. The number of anilines is 2. The lowest BCUT2D eigenvalue weighted by atomic mass is 10.1. The highest BCUT2D eigenvalue weighted by atomic mass is 16.2. The summed E-state index contributed by atoms with van der Waals surface area (Å²) in [5.74, 6) is 0.0363. The average Bonchev–Trinajstić information content (AvgIpc) is 2.43. The zero-order valence-corrected chi connectivity index (χ0v) is 12.3. The number of carbonyl (C=O) groups is 1. The van der Waals surface area contributed by atoms with Crippen LogP contribution in [0.4, 0.5) is 11.4 Å². The Labute approximate surface area is 120 Å². The van der Waals surface area contributed by atoms with E-state index in [-0.39, 0.29) is 5.91 Å². The van der Waals surface area contributed by atoms with Crippen molar-refractivity contribution in [2.45, 2.75) is 19.4 Å². The molecule has 1 aliphatic rings. The number of rotatable bonds is 4. The number of nitrogens with zero attached hydrogens (tertiary/aromatic N) is 2. The van der Waals surface area contributed by atoms with Gasteiger partial charge in [-0.15, -0.1) is 0 Å². The van der Waals surface area contributed by atoms with Crippen LogP contribution in [0, 0.1) is 0 Å². The van der Waals surface area contributed by atoms with Gasteiger partial charge in [0.1, 0.15) is 0 Å². The first-order valence-corrected chi connectivity index (χ1v) is 7.16. The van der Waals surface area contributed by atoms with Gasteiger partial charge in [0.25, 0.3) is 0 Å². The summed E-state index contributed by atoms with van der Waals surface area (Å²) >= 11 is 0. The zero-order chi connectivity index (χ0) is 14.5. The van der Waals surface area contributed by atoms with Gasteiger partial charge in [-0.3, -0.25) is 9.69 Å². The van der Waals surface area contributed by atoms with Gasteiger partial charge in [-0.2, -0.15) is 0 Å². The Hall–Kier alpha value is -1.59. The van der Waals surface area contributed by atoms with Gasteiger partial charge in [-0.05, 0) is 37.7 Å². The molecule has 0 spiro atoms. The van der Waals surface area contributed by atoms with Crippen LogP contribution in [0.15, 0.2) is 24.3 Å². The molecule has 2 rings (SSSR count). The molecular weight excluding hydrogens is 252 g/mol. The first-order valence-electron chi connectivity index (χ1n) is 7.16. The van der Waals surface area contributed by atoms with E-state index in [1.54, 1.807) is 12.1 Å². The zero-order valence-electron chi connectivity index (χ0n) is 12.3. The van der Waals surface area contributed by atoms with Crippen molar-refractivity contribution in [3.05, 3.63) is 24.3 Å². The maximum atomic E-state index is 12.0. The Kier molecular flexibility index (Phi) is 4.98. The molecule has 5 nitrogen and oxygen atoms in total. The third-order valence-electron chi connectivity index (χ3n) is 3.89. The van der Waals surface area contributed by atoms with Gasteiger partial charge in [-0.1, -0.05) is 6.92 Å². The van der Waals surface area contributed by atoms with Gasteiger partial charge < -0.3 is 16.0 Å². The smallest absolute Gasteiger partial charge is 0.238 e. The largest absolute Gasteiger partial charge is 0.399 e. The minimum absolute atomic E-state index is 0.0363. The Bertz CT molecular complexity index is 446. The number of benzene rings is 1. The number of carbonyl (C=O) groups excluding carboxylic acids is 1. The summed E-state index contributed by atoms with van der Waals surface area (Å²) in [7, 11) is 2.15. The first-order chi connectivity index (χ1) is 9.58. The molecule has 0 saturated carbocycles. The molecule has 3 N–H and O–H groups in total. The number of piperazine rings is 1. The molecular formula is C15H24N4O. The number of nitrogen functional groups attached to an aromatic ring is 1. The summed E-state index contributed by atoms with van der Waals surface area (Å²) < 4.78 is 0. The molecule has 1 saturated heterocycles. The number of hydrogen-bond acceptors (Lipinski definition) is 4. The van der Waals surface area contributed by atoms with Crippen LogP contribution in [0.2, 0.25) is 0 Å². The van der Waals surface area contributed by atoms with Crippen molar-refractivity contribution >= 4 is 17.3 Å². The molecule has 110 valence electrons. The summed E-state index contributed by atoms with van der Waals surface area (Å²) in [4.78, 5) is 16.6. The first kappa shape index (κ1) is 14.8. The second-order valence-electron chi connectivity index (χ2n) is 5.45. The van der Waals surface area contributed by atoms with Gasteiger partial charge in [0.15, 0.2) is 0 Å². The molecule has 1 heterocycles. The van der Waals surface area contributed by atoms with Crippen LogP contribution in [0.1, 0.15) is 13.3 Å². The monoisotopic (exact) mass is 276 g/mol. The van der Waals surface area contributed by atoms with E-state index in [9.17, 15) is 4.79 Å². The molecule has 1 atom stereocenters. The van der Waals surface area contributed by atoms with E-state index in [0.717, 1.165) is 31.7 Å². The minimum atomic E-state index is 0.0363. The Balaban J connectivity index is 1.84. The normalized spacial score (nSPS) is 20.8. The Morgan fingerprint density at radius 1 is 1.35 bits per heavy atom. The summed E-state index contributed by atoms with van der Waals surface area (Å²) in [5.41, 5.74) is 7.12. The molecule has 0 aliphatic carbocycles. The lowest BCUT2D eigenvalue weighted by molar-refractivity contribution is -0.118. The van der Waals surface area contributed by atoms with E-state index in [0.29, 0.717) is 18.3 Å². The van der Waals surface area contributed by atoms with Crippen LogP contribution in [0.25, 0.3) is 0 Å². The van der Waals surface area contributed by atoms with E-state index in [4.69, 9.17) is 5.73 Å². The van der Waals surface area contributed by atoms with Gasteiger partial charge in [0.05, 0.1) is 6.54 Å². The summed E-state index contributed by atoms with van der Waals surface area (Å²) in [6.45, 7) is 5.58. The third-order valence-corrected chi connectivity index (χ3v) is 3.89. The fourth-order valence-corrected chi connectivity index (χ4v) is 2.56. The third kappa shape index (κ3) is 3.95. The fourth-order valence-electron chi connectivity index (χ4n) is 2.56. The highest BCUT2D eigenvalue weighted by molar-refractivity contribution is 5.92. The summed E-state index contributed by atoms with van der Waals surface area (Å²) in [6, 6.07) is 7.78. The standard InChI is InChI=1S/C15H24N4O/c1-3-14-10-19(9-8-18(14)2)11-15(20)17-13-6-4-12(16)5-7-13/h4-7,14H,3,8-11,16H2,1-2H3,(H,17,20). The van der Waals surface area contributed by atoms with E-state index in [2.05, 4.69) is 29.1 Å².